The molecule has 0 aliphatic carbocycles. The third-order valence-electron chi connectivity index (χ3n) is 3.45. The van der Waals surface area contributed by atoms with Crippen molar-refractivity contribution in [3.8, 4) is 17.2 Å². The van der Waals surface area contributed by atoms with Crippen LogP contribution in [0.25, 0.3) is 0 Å². The molecule has 0 atom stereocenters. The fourth-order valence-corrected chi connectivity index (χ4v) is 3.00. The predicted octanol–water partition coefficient (Wildman–Crippen LogP) is 2.73. The highest BCUT2D eigenvalue weighted by Gasteiger charge is 2.19. The van der Waals surface area contributed by atoms with Crippen molar-refractivity contribution in [2.24, 2.45) is 10.7 Å². The maximum Gasteiger partial charge on any atom is 0.387 e. The summed E-state index contributed by atoms with van der Waals surface area (Å²) in [5.74, 6) is 1.06. The van der Waals surface area contributed by atoms with Crippen molar-refractivity contribution in [2.75, 3.05) is 13.3 Å². The Bertz CT molecular complexity index is 738. The predicted molar refractivity (Wildman–Crippen MR) is 90.5 cm³/mol. The lowest BCUT2D eigenvalue weighted by Crippen LogP contribution is -2.33. The number of rotatable bonds is 7. The Balaban J connectivity index is 1.62. The summed E-state index contributed by atoms with van der Waals surface area (Å²) in [5, 5.41) is 5.00. The molecule has 134 valence electrons. The van der Waals surface area contributed by atoms with Crippen LogP contribution in [0.3, 0.4) is 0 Å². The Hall–Kier alpha value is -2.55. The molecule has 25 heavy (non-hydrogen) atoms. The first-order valence-electron chi connectivity index (χ1n) is 7.55. The molecule has 0 bridgehead atoms. The quantitative estimate of drug-likeness (QED) is 0.580. The van der Waals surface area contributed by atoms with E-state index in [0.717, 1.165) is 6.42 Å². The van der Waals surface area contributed by atoms with Crippen molar-refractivity contribution >= 4 is 17.3 Å². The van der Waals surface area contributed by atoms with Crippen molar-refractivity contribution in [1.82, 2.24) is 5.32 Å². The second kappa shape index (κ2) is 8.02. The summed E-state index contributed by atoms with van der Waals surface area (Å²) >= 11 is 1.67. The van der Waals surface area contributed by atoms with Crippen LogP contribution < -0.4 is 25.3 Å². The van der Waals surface area contributed by atoms with E-state index in [1.165, 1.54) is 10.9 Å². The first kappa shape index (κ1) is 17.3. The minimum Gasteiger partial charge on any atom is -0.454 e. The molecule has 2 heterocycles. The summed E-state index contributed by atoms with van der Waals surface area (Å²) in [6.07, 6.45) is 0.831. The highest BCUT2D eigenvalue weighted by Crippen LogP contribution is 2.38. The van der Waals surface area contributed by atoms with Gasteiger partial charge in [0.1, 0.15) is 5.75 Å². The number of aliphatic imine (C=N–C) groups is 1. The lowest BCUT2D eigenvalue weighted by Gasteiger charge is -2.11. The molecule has 0 amide bonds. The van der Waals surface area contributed by atoms with E-state index >= 15 is 0 Å². The summed E-state index contributed by atoms with van der Waals surface area (Å²) in [6, 6.07) is 6.98. The van der Waals surface area contributed by atoms with Gasteiger partial charge < -0.3 is 25.3 Å². The van der Waals surface area contributed by atoms with Crippen LogP contribution in [-0.4, -0.2) is 25.9 Å². The van der Waals surface area contributed by atoms with Gasteiger partial charge in [0, 0.05) is 23.1 Å². The van der Waals surface area contributed by atoms with E-state index in [4.69, 9.17) is 15.2 Å². The smallest absolute Gasteiger partial charge is 0.387 e. The second-order valence-electron chi connectivity index (χ2n) is 5.15. The first-order chi connectivity index (χ1) is 12.1. The van der Waals surface area contributed by atoms with Crippen LogP contribution in [0.1, 0.15) is 10.4 Å². The van der Waals surface area contributed by atoms with Crippen molar-refractivity contribution in [2.45, 2.75) is 19.6 Å². The normalized spacial score (nSPS) is 13.3. The van der Waals surface area contributed by atoms with Gasteiger partial charge in [-0.25, -0.2) is 4.99 Å². The third kappa shape index (κ3) is 4.72. The third-order valence-corrected chi connectivity index (χ3v) is 4.39. The number of nitrogens with one attached hydrogen (secondary N) is 1. The Morgan fingerprint density at radius 1 is 1.36 bits per heavy atom. The van der Waals surface area contributed by atoms with Crippen LogP contribution in [0.5, 0.6) is 17.2 Å². The Labute approximate surface area is 147 Å². The zero-order valence-corrected chi connectivity index (χ0v) is 14.0. The summed E-state index contributed by atoms with van der Waals surface area (Å²) in [6.45, 7) is -2.18. The summed E-state index contributed by atoms with van der Waals surface area (Å²) in [7, 11) is 0. The molecule has 9 heteroatoms. The number of thiophene rings is 1. The maximum absolute atomic E-state index is 12.6. The van der Waals surface area contributed by atoms with Gasteiger partial charge in [-0.3, -0.25) is 0 Å². The molecule has 0 spiro atoms. The molecule has 3 N–H and O–H groups in total. The molecule has 0 saturated heterocycles. The standard InChI is InChI=1S/C16H17F2N3O3S/c17-15(18)24-12-7-14-13(22-9-23-14)6-10(12)8-21-16(19)20-4-3-11-2-1-5-25-11/h1-2,5-7,15H,3-4,8-9H2,(H3,19,20,21). The van der Waals surface area contributed by atoms with Gasteiger partial charge in [0.05, 0.1) is 6.54 Å². The van der Waals surface area contributed by atoms with Crippen LogP contribution in [0.4, 0.5) is 8.78 Å². The van der Waals surface area contributed by atoms with Crippen LogP contribution >= 0.6 is 11.3 Å². The highest BCUT2D eigenvalue weighted by molar-refractivity contribution is 7.09. The second-order valence-corrected chi connectivity index (χ2v) is 6.18. The molecule has 1 aliphatic heterocycles. The van der Waals surface area contributed by atoms with Crippen LogP contribution in [0.15, 0.2) is 34.6 Å². The molecule has 0 radical (unpaired) electrons. The molecule has 1 aromatic carbocycles. The number of hydrogen-bond donors (Lipinski definition) is 2. The summed E-state index contributed by atoms with van der Waals surface area (Å²) in [4.78, 5) is 5.41. The SMILES string of the molecule is NC(=NCc1cc2c(cc1OC(F)F)OCO2)NCCc1cccs1. The molecule has 3 rings (SSSR count). The minimum absolute atomic E-state index is 0.00520. The molecular formula is C16H17F2N3O3S. The van der Waals surface area contributed by atoms with Crippen LogP contribution in [0, 0.1) is 0 Å². The molecule has 0 saturated carbocycles. The van der Waals surface area contributed by atoms with E-state index < -0.39 is 6.61 Å². The summed E-state index contributed by atoms with van der Waals surface area (Å²) < 4.78 is 40.1. The van der Waals surface area contributed by atoms with Gasteiger partial charge in [0.15, 0.2) is 17.5 Å². The van der Waals surface area contributed by atoms with E-state index in [-0.39, 0.29) is 25.0 Å². The molecule has 6 nitrogen and oxygen atoms in total. The van der Waals surface area contributed by atoms with Gasteiger partial charge in [-0.15, -0.1) is 11.3 Å². The number of alkyl halides is 2. The Morgan fingerprint density at radius 2 is 2.16 bits per heavy atom. The van der Waals surface area contributed by atoms with E-state index in [1.54, 1.807) is 17.4 Å². The van der Waals surface area contributed by atoms with Crippen molar-refractivity contribution in [3.63, 3.8) is 0 Å². The molecule has 1 aromatic heterocycles. The maximum atomic E-state index is 12.6. The molecular weight excluding hydrogens is 352 g/mol. The lowest BCUT2D eigenvalue weighted by molar-refractivity contribution is -0.0505. The van der Waals surface area contributed by atoms with Gasteiger partial charge in [0.2, 0.25) is 6.79 Å². The average Bonchev–Trinajstić information content (AvgIpc) is 3.23. The Kier molecular flexibility index (Phi) is 5.54. The van der Waals surface area contributed by atoms with Crippen molar-refractivity contribution in [3.05, 3.63) is 40.1 Å². The minimum atomic E-state index is -2.94. The monoisotopic (exact) mass is 369 g/mol. The number of fused-ring (bicyclic) bond motifs is 1. The van der Waals surface area contributed by atoms with Gasteiger partial charge >= 0.3 is 6.61 Å². The van der Waals surface area contributed by atoms with Crippen LogP contribution in [-0.2, 0) is 13.0 Å². The number of halogens is 2. The van der Waals surface area contributed by atoms with E-state index in [2.05, 4.69) is 15.0 Å². The largest absolute Gasteiger partial charge is 0.454 e. The van der Waals surface area contributed by atoms with E-state index in [1.807, 2.05) is 17.5 Å². The number of benzene rings is 1. The van der Waals surface area contributed by atoms with E-state index in [9.17, 15) is 8.78 Å². The summed E-state index contributed by atoms with van der Waals surface area (Å²) in [5.41, 5.74) is 6.26. The fourth-order valence-electron chi connectivity index (χ4n) is 2.29. The number of hydrogen-bond acceptors (Lipinski definition) is 5. The topological polar surface area (TPSA) is 78.1 Å². The van der Waals surface area contributed by atoms with Gasteiger partial charge in [-0.05, 0) is 23.9 Å². The van der Waals surface area contributed by atoms with Crippen molar-refractivity contribution < 1.29 is 23.0 Å². The highest BCUT2D eigenvalue weighted by atomic mass is 32.1. The number of guanidine groups is 1. The van der Waals surface area contributed by atoms with Crippen LogP contribution in [0.2, 0.25) is 0 Å². The average molecular weight is 369 g/mol. The zero-order valence-electron chi connectivity index (χ0n) is 13.2. The number of nitrogens with two attached hydrogens (primary N) is 1. The molecule has 0 fully saturated rings. The fraction of sp³-hybridized carbons (Fsp3) is 0.312. The lowest BCUT2D eigenvalue weighted by atomic mass is 10.1. The molecule has 1 aliphatic rings. The van der Waals surface area contributed by atoms with Gasteiger partial charge in [0.25, 0.3) is 0 Å². The van der Waals surface area contributed by atoms with Gasteiger partial charge in [-0.2, -0.15) is 8.78 Å². The Morgan fingerprint density at radius 3 is 2.88 bits per heavy atom. The molecule has 0 unspecified atom stereocenters. The van der Waals surface area contributed by atoms with Crippen molar-refractivity contribution in [1.29, 1.82) is 0 Å². The number of nitrogens with zero attached hydrogens (tertiary/aromatic N) is 1. The number of ether oxygens (including phenoxy) is 3. The molecule has 2 aromatic rings. The zero-order chi connectivity index (χ0) is 17.6. The van der Waals surface area contributed by atoms with Gasteiger partial charge in [-0.1, -0.05) is 6.07 Å². The van der Waals surface area contributed by atoms with E-state index in [0.29, 0.717) is 23.6 Å². The first-order valence-corrected chi connectivity index (χ1v) is 8.43.